The van der Waals surface area contributed by atoms with E-state index in [1.807, 2.05) is 18.6 Å². The van der Waals surface area contributed by atoms with E-state index in [4.69, 9.17) is 4.74 Å². The number of nitrogens with one attached hydrogen (secondary N) is 2. The van der Waals surface area contributed by atoms with Crippen LogP contribution in [0.3, 0.4) is 0 Å². The van der Waals surface area contributed by atoms with Crippen molar-refractivity contribution >= 4 is 21.6 Å². The molecule has 1 aromatic carbocycles. The van der Waals surface area contributed by atoms with Crippen LogP contribution in [0, 0.1) is 5.92 Å². The average molecular weight is 326 g/mol. The molecular formula is C15H22N2O4S. The molecule has 1 rings (SSSR count). The molecule has 0 heterocycles. The van der Waals surface area contributed by atoms with Crippen LogP contribution in [0.1, 0.15) is 26.3 Å². The van der Waals surface area contributed by atoms with Gasteiger partial charge in [-0.05, 0) is 36.1 Å². The fraction of sp³-hybridized carbons (Fsp3) is 0.400. The third-order valence-corrected chi connectivity index (χ3v) is 3.92. The minimum absolute atomic E-state index is 0.241. The van der Waals surface area contributed by atoms with E-state index in [1.165, 1.54) is 0 Å². The first-order chi connectivity index (χ1) is 10.2. The minimum Gasteiger partial charge on any atom is -0.497 e. The van der Waals surface area contributed by atoms with Gasteiger partial charge in [-0.3, -0.25) is 0 Å². The fourth-order valence-electron chi connectivity index (χ4n) is 1.65. The van der Waals surface area contributed by atoms with Crippen molar-refractivity contribution in [1.29, 1.82) is 0 Å². The molecule has 122 valence electrons. The van der Waals surface area contributed by atoms with Crippen LogP contribution >= 0.6 is 0 Å². The van der Waals surface area contributed by atoms with E-state index in [1.54, 1.807) is 38.3 Å². The maximum Gasteiger partial charge on any atom is 0.328 e. The highest BCUT2D eigenvalue weighted by Crippen LogP contribution is 2.18. The van der Waals surface area contributed by atoms with E-state index in [0.717, 1.165) is 11.0 Å². The van der Waals surface area contributed by atoms with Gasteiger partial charge in [0.15, 0.2) is 0 Å². The number of ether oxygens (including phenoxy) is 1. The predicted molar refractivity (Wildman–Crippen MR) is 86.9 cm³/mol. The van der Waals surface area contributed by atoms with Crippen molar-refractivity contribution in [2.75, 3.05) is 13.7 Å². The summed E-state index contributed by atoms with van der Waals surface area (Å²) in [5.41, 5.74) is 1.25. The topological polar surface area (TPSA) is 84.5 Å². The van der Waals surface area contributed by atoms with Crippen LogP contribution < -0.4 is 14.8 Å². The van der Waals surface area contributed by atoms with Gasteiger partial charge in [-0.25, -0.2) is 17.9 Å². The van der Waals surface area contributed by atoms with Gasteiger partial charge in [0.25, 0.3) is 10.0 Å². The second-order valence-electron chi connectivity index (χ2n) is 5.28. The van der Waals surface area contributed by atoms with Crippen LogP contribution in [-0.2, 0) is 10.0 Å². The summed E-state index contributed by atoms with van der Waals surface area (Å²) in [5.74, 6) is 0.927. The van der Waals surface area contributed by atoms with Gasteiger partial charge in [-0.15, -0.1) is 0 Å². The Kier molecular flexibility index (Phi) is 6.42. The lowest BCUT2D eigenvalue weighted by molar-refractivity contribution is 0.244. The van der Waals surface area contributed by atoms with E-state index in [9.17, 15) is 13.2 Å². The fourth-order valence-corrected chi connectivity index (χ4v) is 2.64. The largest absolute Gasteiger partial charge is 0.497 e. The number of carbonyl (C=O) groups is 1. The van der Waals surface area contributed by atoms with Crippen LogP contribution in [0.25, 0.3) is 5.57 Å². The third-order valence-electron chi connectivity index (χ3n) is 2.78. The number of allylic oxidation sites excluding steroid dienone is 1. The average Bonchev–Trinajstić information content (AvgIpc) is 2.44. The Morgan fingerprint density at radius 2 is 1.86 bits per heavy atom. The van der Waals surface area contributed by atoms with Gasteiger partial charge in [-0.1, -0.05) is 26.0 Å². The molecule has 0 spiro atoms. The Labute approximate surface area is 131 Å². The number of urea groups is 1. The Bertz CT molecular complexity index is 634. The highest BCUT2D eigenvalue weighted by atomic mass is 32.2. The van der Waals surface area contributed by atoms with E-state index >= 15 is 0 Å². The molecule has 0 unspecified atom stereocenters. The van der Waals surface area contributed by atoms with Crippen LogP contribution in [0.2, 0.25) is 0 Å². The van der Waals surface area contributed by atoms with Crippen LogP contribution in [0.4, 0.5) is 4.79 Å². The molecule has 2 amide bonds. The first-order valence-electron chi connectivity index (χ1n) is 6.87. The highest BCUT2D eigenvalue weighted by Gasteiger charge is 2.12. The summed E-state index contributed by atoms with van der Waals surface area (Å²) in [6.07, 6.45) is 0. The molecule has 1 aromatic rings. The number of amides is 2. The normalized spacial score (nSPS) is 12.1. The molecule has 0 saturated carbocycles. The molecule has 0 aliphatic carbocycles. The Balaban J connectivity index is 2.77. The summed E-state index contributed by atoms with van der Waals surface area (Å²) in [6, 6.07) is 6.25. The van der Waals surface area contributed by atoms with Crippen molar-refractivity contribution in [3.05, 3.63) is 35.2 Å². The maximum atomic E-state index is 11.9. The Morgan fingerprint density at radius 1 is 1.27 bits per heavy atom. The standard InChI is InChI=1S/C15H22N2O4S/c1-11(2)9-16-15(18)17-22(19,20)10-12(3)13-5-7-14(21-4)8-6-13/h5-8,10-11H,9H2,1-4H3,(H2,16,17,18)/b12-10+. The summed E-state index contributed by atoms with van der Waals surface area (Å²) < 4.78 is 30.8. The molecule has 0 aliphatic heterocycles. The van der Waals surface area contributed by atoms with Gasteiger partial charge in [0.2, 0.25) is 0 Å². The van der Waals surface area contributed by atoms with E-state index in [0.29, 0.717) is 17.9 Å². The van der Waals surface area contributed by atoms with Crippen molar-refractivity contribution in [2.45, 2.75) is 20.8 Å². The van der Waals surface area contributed by atoms with Gasteiger partial charge in [0, 0.05) is 6.54 Å². The number of sulfonamides is 1. The van der Waals surface area contributed by atoms with E-state index in [-0.39, 0.29) is 5.92 Å². The summed E-state index contributed by atoms with van der Waals surface area (Å²) >= 11 is 0. The number of methoxy groups -OCH3 is 1. The molecule has 0 bridgehead atoms. The Hall–Kier alpha value is -2.02. The summed E-state index contributed by atoms with van der Waals surface area (Å²) in [4.78, 5) is 11.5. The zero-order valence-electron chi connectivity index (χ0n) is 13.2. The van der Waals surface area contributed by atoms with Crippen molar-refractivity contribution in [3.63, 3.8) is 0 Å². The highest BCUT2D eigenvalue weighted by molar-refractivity contribution is 7.93. The lowest BCUT2D eigenvalue weighted by atomic mass is 10.1. The molecule has 2 N–H and O–H groups in total. The first-order valence-corrected chi connectivity index (χ1v) is 8.41. The Morgan fingerprint density at radius 3 is 2.36 bits per heavy atom. The van der Waals surface area contributed by atoms with Gasteiger partial charge >= 0.3 is 6.03 Å². The van der Waals surface area contributed by atoms with Gasteiger partial charge in [0.05, 0.1) is 12.5 Å². The van der Waals surface area contributed by atoms with Crippen LogP contribution in [0.15, 0.2) is 29.7 Å². The molecule has 22 heavy (non-hydrogen) atoms. The van der Waals surface area contributed by atoms with Crippen LogP contribution in [0.5, 0.6) is 5.75 Å². The quantitative estimate of drug-likeness (QED) is 0.840. The number of hydrogen-bond donors (Lipinski definition) is 2. The van der Waals surface area contributed by atoms with Crippen LogP contribution in [-0.4, -0.2) is 28.1 Å². The summed E-state index contributed by atoms with van der Waals surface area (Å²) in [6.45, 7) is 5.90. The molecule has 0 aromatic heterocycles. The molecule has 0 saturated heterocycles. The smallest absolute Gasteiger partial charge is 0.328 e. The molecule has 0 aliphatic rings. The van der Waals surface area contributed by atoms with Crippen molar-refractivity contribution in [1.82, 2.24) is 10.0 Å². The molecule has 0 radical (unpaired) electrons. The lowest BCUT2D eigenvalue weighted by Crippen LogP contribution is -2.40. The molecular weight excluding hydrogens is 304 g/mol. The number of hydrogen-bond acceptors (Lipinski definition) is 4. The SMILES string of the molecule is COc1ccc(/C(C)=C/S(=O)(=O)NC(=O)NCC(C)C)cc1. The zero-order chi connectivity index (χ0) is 16.8. The minimum atomic E-state index is -3.85. The second kappa shape index (κ2) is 7.84. The zero-order valence-corrected chi connectivity index (χ0v) is 14.0. The van der Waals surface area contributed by atoms with Gasteiger partial charge in [-0.2, -0.15) is 0 Å². The van der Waals surface area contributed by atoms with Crippen molar-refractivity contribution in [2.24, 2.45) is 5.92 Å². The predicted octanol–water partition coefficient (Wildman–Crippen LogP) is 2.34. The number of carbonyl (C=O) groups excluding carboxylic acids is 1. The third kappa shape index (κ3) is 6.17. The monoisotopic (exact) mass is 326 g/mol. The lowest BCUT2D eigenvalue weighted by Gasteiger charge is -2.09. The van der Waals surface area contributed by atoms with E-state index in [2.05, 4.69) is 5.32 Å². The number of rotatable bonds is 6. The molecule has 7 heteroatoms. The first kappa shape index (κ1) is 18.0. The van der Waals surface area contributed by atoms with E-state index < -0.39 is 16.1 Å². The molecule has 0 fully saturated rings. The number of benzene rings is 1. The van der Waals surface area contributed by atoms with Crippen molar-refractivity contribution in [3.8, 4) is 5.75 Å². The molecule has 0 atom stereocenters. The van der Waals surface area contributed by atoms with Crippen molar-refractivity contribution < 1.29 is 17.9 Å². The summed E-state index contributed by atoms with van der Waals surface area (Å²) in [5, 5.41) is 3.52. The maximum absolute atomic E-state index is 11.9. The summed E-state index contributed by atoms with van der Waals surface area (Å²) in [7, 11) is -2.29. The van der Waals surface area contributed by atoms with Gasteiger partial charge < -0.3 is 10.1 Å². The van der Waals surface area contributed by atoms with Gasteiger partial charge in [0.1, 0.15) is 5.75 Å². The molecule has 6 nitrogen and oxygen atoms in total. The second-order valence-corrected chi connectivity index (χ2v) is 6.81.